The van der Waals surface area contributed by atoms with Crippen molar-refractivity contribution in [3.8, 4) is 5.75 Å². The van der Waals surface area contributed by atoms with Crippen LogP contribution >= 0.6 is 0 Å². The van der Waals surface area contributed by atoms with E-state index in [1.807, 2.05) is 0 Å². The molecule has 1 amide bonds. The highest BCUT2D eigenvalue weighted by Crippen LogP contribution is 2.17. The standard InChI is InChI=1S/C14H16F3NO4/c1-9(19)18-11(8-22-13(20)14(15,16)17)7-10-3-5-12(21-2)6-4-10/h3-6,11H,7-8H2,1-2H3,(H,18,19). The molecule has 1 rings (SSSR count). The molecule has 0 heterocycles. The molecule has 0 aliphatic heterocycles. The first kappa shape index (κ1) is 17.8. The Bertz CT molecular complexity index is 514. The zero-order valence-electron chi connectivity index (χ0n) is 12.1. The van der Waals surface area contributed by atoms with Crippen LogP contribution in [0.15, 0.2) is 24.3 Å². The zero-order valence-corrected chi connectivity index (χ0v) is 12.1. The Hall–Kier alpha value is -2.25. The van der Waals surface area contributed by atoms with Crippen molar-refractivity contribution in [1.29, 1.82) is 0 Å². The van der Waals surface area contributed by atoms with Crippen LogP contribution in [0.4, 0.5) is 13.2 Å². The SMILES string of the molecule is COc1ccc(CC(COC(=O)C(F)(F)F)NC(C)=O)cc1. The molecule has 1 aromatic rings. The van der Waals surface area contributed by atoms with E-state index in [-0.39, 0.29) is 6.42 Å². The van der Waals surface area contributed by atoms with Gasteiger partial charge in [-0.2, -0.15) is 13.2 Å². The van der Waals surface area contributed by atoms with E-state index in [4.69, 9.17) is 4.74 Å². The number of carbonyl (C=O) groups excluding carboxylic acids is 2. The Morgan fingerprint density at radius 3 is 2.27 bits per heavy atom. The van der Waals surface area contributed by atoms with Gasteiger partial charge in [-0.25, -0.2) is 4.79 Å². The van der Waals surface area contributed by atoms with Crippen LogP contribution in [0.2, 0.25) is 0 Å². The smallest absolute Gasteiger partial charge is 0.490 e. The normalized spacial score (nSPS) is 12.4. The van der Waals surface area contributed by atoms with Gasteiger partial charge in [0, 0.05) is 6.92 Å². The Kier molecular flexibility index (Phi) is 6.21. The molecule has 1 atom stereocenters. The van der Waals surface area contributed by atoms with E-state index in [0.717, 1.165) is 5.56 Å². The highest BCUT2D eigenvalue weighted by molar-refractivity contribution is 5.76. The van der Waals surface area contributed by atoms with Crippen molar-refractivity contribution in [3.05, 3.63) is 29.8 Å². The fourth-order valence-electron chi connectivity index (χ4n) is 1.74. The van der Waals surface area contributed by atoms with E-state index in [0.29, 0.717) is 5.75 Å². The summed E-state index contributed by atoms with van der Waals surface area (Å²) in [7, 11) is 1.51. The van der Waals surface area contributed by atoms with Crippen LogP contribution in [0.1, 0.15) is 12.5 Å². The summed E-state index contributed by atoms with van der Waals surface area (Å²) in [6, 6.07) is 6.03. The summed E-state index contributed by atoms with van der Waals surface area (Å²) in [4.78, 5) is 21.8. The first-order valence-corrected chi connectivity index (χ1v) is 6.36. The van der Waals surface area contributed by atoms with Crippen molar-refractivity contribution in [2.45, 2.75) is 25.6 Å². The Labute approximate surface area is 125 Å². The number of amides is 1. The molecule has 0 aliphatic rings. The molecular formula is C14H16F3NO4. The summed E-state index contributed by atoms with van der Waals surface area (Å²) < 4.78 is 45.5. The maximum Gasteiger partial charge on any atom is 0.490 e. The van der Waals surface area contributed by atoms with Crippen molar-refractivity contribution in [2.75, 3.05) is 13.7 Å². The van der Waals surface area contributed by atoms with Gasteiger partial charge in [0.15, 0.2) is 0 Å². The molecule has 0 spiro atoms. The molecule has 22 heavy (non-hydrogen) atoms. The summed E-state index contributed by atoms with van der Waals surface area (Å²) >= 11 is 0. The molecule has 122 valence electrons. The van der Waals surface area contributed by atoms with Crippen molar-refractivity contribution < 1.29 is 32.2 Å². The van der Waals surface area contributed by atoms with Gasteiger partial charge in [-0.1, -0.05) is 12.1 Å². The fraction of sp³-hybridized carbons (Fsp3) is 0.429. The van der Waals surface area contributed by atoms with E-state index in [9.17, 15) is 22.8 Å². The van der Waals surface area contributed by atoms with Gasteiger partial charge in [0.1, 0.15) is 12.4 Å². The molecule has 5 nitrogen and oxygen atoms in total. The number of hydrogen-bond acceptors (Lipinski definition) is 4. The lowest BCUT2D eigenvalue weighted by Crippen LogP contribution is -2.40. The maximum atomic E-state index is 12.1. The van der Waals surface area contributed by atoms with Gasteiger partial charge < -0.3 is 14.8 Å². The van der Waals surface area contributed by atoms with Gasteiger partial charge >= 0.3 is 12.1 Å². The second kappa shape index (κ2) is 7.67. The Morgan fingerprint density at radius 1 is 1.23 bits per heavy atom. The summed E-state index contributed by atoms with van der Waals surface area (Å²) in [6.45, 7) is 0.663. The van der Waals surface area contributed by atoms with Crippen LogP contribution < -0.4 is 10.1 Å². The molecule has 0 aliphatic carbocycles. The molecule has 8 heteroatoms. The highest BCUT2D eigenvalue weighted by atomic mass is 19.4. The van der Waals surface area contributed by atoms with Gasteiger partial charge in [0.05, 0.1) is 13.2 Å². The third kappa shape index (κ3) is 6.02. The number of methoxy groups -OCH3 is 1. The van der Waals surface area contributed by atoms with Gasteiger partial charge in [0.2, 0.25) is 5.91 Å². The van der Waals surface area contributed by atoms with Crippen LogP contribution in [0.25, 0.3) is 0 Å². The predicted octanol–water partition coefficient (Wildman–Crippen LogP) is 1.85. The minimum atomic E-state index is -5.05. The van der Waals surface area contributed by atoms with Crippen LogP contribution in [0, 0.1) is 0 Å². The number of rotatable bonds is 6. The first-order valence-electron chi connectivity index (χ1n) is 6.36. The summed E-state index contributed by atoms with van der Waals surface area (Å²) in [5.74, 6) is -2.08. The molecule has 1 unspecified atom stereocenters. The van der Waals surface area contributed by atoms with Crippen LogP contribution in [0.3, 0.4) is 0 Å². The van der Waals surface area contributed by atoms with Gasteiger partial charge in [-0.15, -0.1) is 0 Å². The molecule has 0 saturated carbocycles. The lowest BCUT2D eigenvalue weighted by molar-refractivity contribution is -0.200. The largest absolute Gasteiger partial charge is 0.497 e. The van der Waals surface area contributed by atoms with E-state index < -0.39 is 30.7 Å². The zero-order chi connectivity index (χ0) is 16.8. The van der Waals surface area contributed by atoms with Crippen LogP contribution in [-0.4, -0.2) is 37.8 Å². The Morgan fingerprint density at radius 2 is 1.82 bits per heavy atom. The summed E-state index contributed by atoms with van der Waals surface area (Å²) in [5.41, 5.74) is 0.752. The molecule has 0 aromatic heterocycles. The Balaban J connectivity index is 2.67. The molecule has 1 aromatic carbocycles. The number of carbonyl (C=O) groups is 2. The molecule has 0 saturated heterocycles. The van der Waals surface area contributed by atoms with Crippen molar-refractivity contribution in [2.24, 2.45) is 0 Å². The van der Waals surface area contributed by atoms with Crippen molar-refractivity contribution in [3.63, 3.8) is 0 Å². The van der Waals surface area contributed by atoms with E-state index in [2.05, 4.69) is 10.1 Å². The lowest BCUT2D eigenvalue weighted by Gasteiger charge is -2.18. The molecule has 0 radical (unpaired) electrons. The van der Waals surface area contributed by atoms with Crippen molar-refractivity contribution >= 4 is 11.9 Å². The molecule has 0 bridgehead atoms. The fourth-order valence-corrected chi connectivity index (χ4v) is 1.74. The van der Waals surface area contributed by atoms with E-state index in [1.54, 1.807) is 24.3 Å². The average Bonchev–Trinajstić information content (AvgIpc) is 2.43. The molecule has 0 fully saturated rings. The topological polar surface area (TPSA) is 64.6 Å². The second-order valence-electron chi connectivity index (χ2n) is 4.55. The number of ether oxygens (including phenoxy) is 2. The second-order valence-corrected chi connectivity index (χ2v) is 4.55. The average molecular weight is 319 g/mol. The first-order chi connectivity index (χ1) is 10.2. The number of alkyl halides is 3. The minimum absolute atomic E-state index is 0.217. The lowest BCUT2D eigenvalue weighted by atomic mass is 10.1. The van der Waals surface area contributed by atoms with Crippen molar-refractivity contribution in [1.82, 2.24) is 5.32 Å². The van der Waals surface area contributed by atoms with E-state index in [1.165, 1.54) is 14.0 Å². The van der Waals surface area contributed by atoms with Crippen LogP contribution in [-0.2, 0) is 20.7 Å². The number of nitrogens with one attached hydrogen (secondary N) is 1. The predicted molar refractivity (Wildman–Crippen MR) is 71.3 cm³/mol. The summed E-state index contributed by atoms with van der Waals surface area (Å²) in [6.07, 6.45) is -4.84. The maximum absolute atomic E-state index is 12.1. The monoisotopic (exact) mass is 319 g/mol. The van der Waals surface area contributed by atoms with Gasteiger partial charge in [-0.05, 0) is 24.1 Å². The quantitative estimate of drug-likeness (QED) is 0.813. The minimum Gasteiger partial charge on any atom is -0.497 e. The third-order valence-electron chi connectivity index (χ3n) is 2.70. The molecule has 1 N–H and O–H groups in total. The van der Waals surface area contributed by atoms with E-state index >= 15 is 0 Å². The van der Waals surface area contributed by atoms with Gasteiger partial charge in [-0.3, -0.25) is 4.79 Å². The number of halogens is 3. The highest BCUT2D eigenvalue weighted by Gasteiger charge is 2.41. The summed E-state index contributed by atoms with van der Waals surface area (Å²) in [5, 5.41) is 2.45. The van der Waals surface area contributed by atoms with Crippen LogP contribution in [0.5, 0.6) is 5.75 Å². The number of benzene rings is 1. The van der Waals surface area contributed by atoms with Gasteiger partial charge in [0.25, 0.3) is 0 Å². The molecular weight excluding hydrogens is 303 g/mol. The number of hydrogen-bond donors (Lipinski definition) is 1. The number of esters is 1. The third-order valence-corrected chi connectivity index (χ3v) is 2.70.